The van der Waals surface area contributed by atoms with Crippen LogP contribution in [0, 0.1) is 5.92 Å². The first-order chi connectivity index (χ1) is 11.3. The normalized spacial score (nSPS) is 24.8. The molecule has 23 heavy (non-hydrogen) atoms. The van der Waals surface area contributed by atoms with Crippen molar-refractivity contribution in [2.75, 3.05) is 0 Å². The van der Waals surface area contributed by atoms with Crippen LogP contribution in [0.2, 0.25) is 0 Å². The van der Waals surface area contributed by atoms with E-state index in [2.05, 4.69) is 44.9 Å². The van der Waals surface area contributed by atoms with Gasteiger partial charge in [-0.25, -0.2) is 4.98 Å². The van der Waals surface area contributed by atoms with Crippen LogP contribution in [0.15, 0.2) is 55.1 Å². The minimum atomic E-state index is -0.536. The summed E-state index contributed by atoms with van der Waals surface area (Å²) >= 11 is 0. The lowest BCUT2D eigenvalue weighted by Crippen LogP contribution is -2.29. The van der Waals surface area contributed by atoms with Crippen molar-refractivity contribution in [2.24, 2.45) is 5.92 Å². The Hall–Kier alpha value is -2.46. The lowest BCUT2D eigenvalue weighted by Gasteiger charge is -2.34. The minimum Gasteiger partial charge on any atom is -0.386 e. The van der Waals surface area contributed by atoms with Gasteiger partial charge in [-0.1, -0.05) is 30.3 Å². The minimum absolute atomic E-state index is 0.119. The van der Waals surface area contributed by atoms with Crippen molar-refractivity contribution in [3.8, 4) is 11.3 Å². The van der Waals surface area contributed by atoms with Crippen molar-refractivity contribution in [2.45, 2.75) is 25.0 Å². The second-order valence-corrected chi connectivity index (χ2v) is 6.41. The molecule has 0 radical (unpaired) electrons. The topological polar surface area (TPSA) is 50.9 Å². The zero-order chi connectivity index (χ0) is 15.4. The molecule has 0 saturated carbocycles. The Labute approximate surface area is 134 Å². The van der Waals surface area contributed by atoms with E-state index in [-0.39, 0.29) is 12.0 Å². The van der Waals surface area contributed by atoms with Crippen LogP contribution in [0.3, 0.4) is 0 Å². The first-order valence-corrected chi connectivity index (χ1v) is 8.07. The Morgan fingerprint density at radius 2 is 2.04 bits per heavy atom. The molecule has 0 amide bonds. The molecule has 114 valence electrons. The summed E-state index contributed by atoms with van der Waals surface area (Å²) in [6, 6.07) is 12.6. The SMILES string of the molecule is OC1c2ncccc2CC[C@H]1[C@H]1c2ccccc2-c2cncn21. The van der Waals surface area contributed by atoms with Crippen molar-refractivity contribution in [1.82, 2.24) is 14.5 Å². The van der Waals surface area contributed by atoms with E-state index in [0.717, 1.165) is 24.2 Å². The summed E-state index contributed by atoms with van der Waals surface area (Å²) < 4.78 is 2.21. The molecule has 0 spiro atoms. The molecular formula is C19H17N3O. The number of hydrogen-bond acceptors (Lipinski definition) is 3. The van der Waals surface area contributed by atoms with Crippen LogP contribution < -0.4 is 0 Å². The summed E-state index contributed by atoms with van der Waals surface area (Å²) in [7, 11) is 0. The van der Waals surface area contributed by atoms with Gasteiger partial charge in [0.25, 0.3) is 0 Å². The number of benzene rings is 1. The number of rotatable bonds is 1. The highest BCUT2D eigenvalue weighted by Crippen LogP contribution is 2.49. The van der Waals surface area contributed by atoms with Gasteiger partial charge in [0.05, 0.1) is 30.0 Å². The van der Waals surface area contributed by atoms with Gasteiger partial charge in [0.2, 0.25) is 0 Å². The predicted molar refractivity (Wildman–Crippen MR) is 86.8 cm³/mol. The molecule has 1 aliphatic heterocycles. The zero-order valence-corrected chi connectivity index (χ0v) is 12.6. The third-order valence-electron chi connectivity index (χ3n) is 5.29. The molecule has 1 aromatic carbocycles. The van der Waals surface area contributed by atoms with E-state index >= 15 is 0 Å². The molecule has 2 aromatic heterocycles. The summed E-state index contributed by atoms with van der Waals surface area (Å²) in [5.41, 5.74) is 5.68. The molecule has 5 rings (SSSR count). The first-order valence-electron chi connectivity index (χ1n) is 8.07. The van der Waals surface area contributed by atoms with Crippen LogP contribution in [0.25, 0.3) is 11.3 Å². The number of fused-ring (bicyclic) bond motifs is 4. The van der Waals surface area contributed by atoms with Crippen LogP contribution in [0.1, 0.15) is 35.4 Å². The third-order valence-corrected chi connectivity index (χ3v) is 5.29. The van der Waals surface area contributed by atoms with E-state index in [1.807, 2.05) is 18.6 Å². The van der Waals surface area contributed by atoms with Crippen LogP contribution >= 0.6 is 0 Å². The molecular weight excluding hydrogens is 286 g/mol. The zero-order valence-electron chi connectivity index (χ0n) is 12.6. The van der Waals surface area contributed by atoms with Crippen molar-refractivity contribution in [1.29, 1.82) is 0 Å². The van der Waals surface area contributed by atoms with Crippen molar-refractivity contribution in [3.63, 3.8) is 0 Å². The molecule has 0 saturated heterocycles. The molecule has 1 N–H and O–H groups in total. The van der Waals surface area contributed by atoms with Gasteiger partial charge in [0, 0.05) is 17.7 Å². The average molecular weight is 303 g/mol. The first kappa shape index (κ1) is 13.0. The summed E-state index contributed by atoms with van der Waals surface area (Å²) in [6.07, 6.45) is 6.96. The maximum atomic E-state index is 11.0. The molecule has 3 heterocycles. The van der Waals surface area contributed by atoms with E-state index in [0.29, 0.717) is 0 Å². The number of aliphatic hydroxyl groups is 1. The van der Waals surface area contributed by atoms with Crippen LogP contribution in [0.5, 0.6) is 0 Å². The number of nitrogens with zero attached hydrogens (tertiary/aromatic N) is 3. The maximum absolute atomic E-state index is 11.0. The Kier molecular flexibility index (Phi) is 2.70. The van der Waals surface area contributed by atoms with Gasteiger partial charge in [-0.15, -0.1) is 0 Å². The summed E-state index contributed by atoms with van der Waals surface area (Å²) in [5.74, 6) is 0.119. The second-order valence-electron chi connectivity index (χ2n) is 6.41. The van der Waals surface area contributed by atoms with Crippen LogP contribution in [0.4, 0.5) is 0 Å². The standard InChI is InChI=1S/C19H17N3O/c23-19-15(8-7-12-4-3-9-21-17(12)19)18-14-6-2-1-5-13(14)16-10-20-11-22(16)18/h1-6,9-11,15,18-19,23H,7-8H2/t15-,18+,19?/m0/s1. The molecule has 0 bridgehead atoms. The van der Waals surface area contributed by atoms with Gasteiger partial charge >= 0.3 is 0 Å². The average Bonchev–Trinajstić information content (AvgIpc) is 3.17. The summed E-state index contributed by atoms with van der Waals surface area (Å²) in [6.45, 7) is 0. The van der Waals surface area contributed by atoms with E-state index < -0.39 is 6.10 Å². The lowest BCUT2D eigenvalue weighted by molar-refractivity contribution is 0.0679. The predicted octanol–water partition coefficient (Wildman–Crippen LogP) is 3.14. The number of aryl methyl sites for hydroxylation is 1. The van der Waals surface area contributed by atoms with Gasteiger partial charge < -0.3 is 9.67 Å². The highest BCUT2D eigenvalue weighted by atomic mass is 16.3. The van der Waals surface area contributed by atoms with Gasteiger partial charge in [-0.05, 0) is 30.0 Å². The van der Waals surface area contributed by atoms with E-state index in [1.54, 1.807) is 6.20 Å². The molecule has 4 heteroatoms. The van der Waals surface area contributed by atoms with Crippen molar-refractivity contribution >= 4 is 0 Å². The maximum Gasteiger partial charge on any atom is 0.101 e. The lowest BCUT2D eigenvalue weighted by atomic mass is 9.78. The van der Waals surface area contributed by atoms with E-state index in [1.165, 1.54) is 16.7 Å². The molecule has 2 aliphatic rings. The Balaban J connectivity index is 1.64. The Morgan fingerprint density at radius 3 is 3.00 bits per heavy atom. The molecule has 1 aliphatic carbocycles. The monoisotopic (exact) mass is 303 g/mol. The van der Waals surface area contributed by atoms with Gasteiger partial charge in [-0.3, -0.25) is 4.98 Å². The molecule has 3 aromatic rings. The molecule has 3 atom stereocenters. The van der Waals surface area contributed by atoms with Crippen LogP contribution in [-0.4, -0.2) is 19.6 Å². The number of aliphatic hydroxyl groups excluding tert-OH is 1. The fourth-order valence-electron chi connectivity index (χ4n) is 4.25. The fourth-order valence-corrected chi connectivity index (χ4v) is 4.25. The smallest absolute Gasteiger partial charge is 0.101 e. The van der Waals surface area contributed by atoms with Gasteiger partial charge in [0.15, 0.2) is 0 Å². The highest BCUT2D eigenvalue weighted by molar-refractivity contribution is 5.69. The second kappa shape index (κ2) is 4.77. The Bertz CT molecular complexity index is 886. The van der Waals surface area contributed by atoms with Crippen molar-refractivity contribution in [3.05, 3.63) is 71.9 Å². The summed E-state index contributed by atoms with van der Waals surface area (Å²) in [5, 5.41) is 11.0. The van der Waals surface area contributed by atoms with E-state index in [4.69, 9.17) is 0 Å². The number of imidazole rings is 1. The number of aromatic nitrogens is 3. The summed E-state index contributed by atoms with van der Waals surface area (Å²) in [4.78, 5) is 8.77. The van der Waals surface area contributed by atoms with Gasteiger partial charge in [-0.2, -0.15) is 0 Å². The third kappa shape index (κ3) is 1.75. The fraction of sp³-hybridized carbons (Fsp3) is 0.263. The van der Waals surface area contributed by atoms with Crippen LogP contribution in [-0.2, 0) is 6.42 Å². The molecule has 1 unspecified atom stereocenters. The largest absolute Gasteiger partial charge is 0.386 e. The molecule has 0 fully saturated rings. The Morgan fingerprint density at radius 1 is 1.13 bits per heavy atom. The number of pyridine rings is 1. The van der Waals surface area contributed by atoms with Gasteiger partial charge in [0.1, 0.15) is 6.10 Å². The highest BCUT2D eigenvalue weighted by Gasteiger charge is 2.40. The van der Waals surface area contributed by atoms with E-state index in [9.17, 15) is 5.11 Å². The number of hydrogen-bond donors (Lipinski definition) is 1. The molecule has 4 nitrogen and oxygen atoms in total. The van der Waals surface area contributed by atoms with Crippen molar-refractivity contribution < 1.29 is 5.11 Å². The quantitative estimate of drug-likeness (QED) is 0.751.